The highest BCUT2D eigenvalue weighted by Gasteiger charge is 2.14. The molecule has 0 bridgehead atoms. The van der Waals surface area contributed by atoms with E-state index < -0.39 is 5.97 Å². The Morgan fingerprint density at radius 3 is 2.55 bits per heavy atom. The Kier molecular flexibility index (Phi) is 3.74. The van der Waals surface area contributed by atoms with E-state index in [1.54, 1.807) is 0 Å². The number of carboxylic acid groups (broad SMARTS) is 1. The lowest BCUT2D eigenvalue weighted by Crippen LogP contribution is -2.10. The predicted octanol–water partition coefficient (Wildman–Crippen LogP) is 3.87. The fourth-order valence-corrected chi connectivity index (χ4v) is 1.75. The third kappa shape index (κ3) is 3.35. The van der Waals surface area contributed by atoms with Crippen LogP contribution in [-0.2, 0) is 5.41 Å². The van der Waals surface area contributed by atoms with E-state index in [0.29, 0.717) is 11.5 Å². The second-order valence-electron chi connectivity index (χ2n) is 5.59. The van der Waals surface area contributed by atoms with E-state index in [0.717, 1.165) is 5.56 Å². The minimum absolute atomic E-state index is 0.0283. The molecule has 2 rings (SSSR count). The van der Waals surface area contributed by atoms with Crippen molar-refractivity contribution in [2.45, 2.75) is 26.2 Å². The lowest BCUT2D eigenvalue weighted by molar-refractivity contribution is 0.0696. The van der Waals surface area contributed by atoms with E-state index in [1.165, 1.54) is 18.5 Å². The molecular weight excluding hydrogens is 254 g/mol. The second kappa shape index (κ2) is 5.33. The molecular formula is C16H17NO3. The third-order valence-electron chi connectivity index (χ3n) is 2.90. The van der Waals surface area contributed by atoms with Gasteiger partial charge in [-0.05, 0) is 29.2 Å². The highest BCUT2D eigenvalue weighted by Crippen LogP contribution is 2.28. The maximum absolute atomic E-state index is 10.9. The smallest absolute Gasteiger partial charge is 0.337 e. The van der Waals surface area contributed by atoms with Gasteiger partial charge in [-0.25, -0.2) is 4.79 Å². The summed E-state index contributed by atoms with van der Waals surface area (Å²) in [6.45, 7) is 6.37. The summed E-state index contributed by atoms with van der Waals surface area (Å²) in [5.74, 6) is 0.0594. The lowest BCUT2D eigenvalue weighted by Gasteiger charge is -2.19. The summed E-state index contributed by atoms with van der Waals surface area (Å²) in [5, 5.41) is 8.93. The zero-order valence-corrected chi connectivity index (χ0v) is 11.8. The van der Waals surface area contributed by atoms with Crippen molar-refractivity contribution < 1.29 is 14.6 Å². The van der Waals surface area contributed by atoms with Crippen LogP contribution in [0.4, 0.5) is 0 Å². The molecule has 1 aromatic heterocycles. The summed E-state index contributed by atoms with van der Waals surface area (Å²) in [4.78, 5) is 14.8. The Morgan fingerprint density at radius 1 is 1.15 bits per heavy atom. The average Bonchev–Trinajstić information content (AvgIpc) is 2.38. The molecule has 1 N–H and O–H groups in total. The first-order valence-corrected chi connectivity index (χ1v) is 6.33. The number of ether oxygens (including phenoxy) is 1. The molecule has 0 amide bonds. The quantitative estimate of drug-likeness (QED) is 0.920. The van der Waals surface area contributed by atoms with E-state index in [2.05, 4.69) is 25.8 Å². The van der Waals surface area contributed by atoms with Crippen LogP contribution in [0.3, 0.4) is 0 Å². The summed E-state index contributed by atoms with van der Waals surface area (Å²) < 4.78 is 5.68. The van der Waals surface area contributed by atoms with Crippen LogP contribution >= 0.6 is 0 Å². The molecule has 4 nitrogen and oxygen atoms in total. The minimum atomic E-state index is -1.02. The van der Waals surface area contributed by atoms with Gasteiger partial charge in [-0.3, -0.25) is 4.98 Å². The van der Waals surface area contributed by atoms with Gasteiger partial charge in [0, 0.05) is 6.20 Å². The normalized spacial score (nSPS) is 11.2. The molecule has 1 aromatic carbocycles. The molecule has 0 aliphatic heterocycles. The monoisotopic (exact) mass is 271 g/mol. The third-order valence-corrected chi connectivity index (χ3v) is 2.90. The van der Waals surface area contributed by atoms with Gasteiger partial charge in [0.2, 0.25) is 0 Å². The van der Waals surface area contributed by atoms with Crippen LogP contribution in [0.5, 0.6) is 11.5 Å². The molecule has 0 unspecified atom stereocenters. The Balaban J connectivity index is 2.26. The van der Waals surface area contributed by atoms with Crippen molar-refractivity contribution in [3.63, 3.8) is 0 Å². The van der Waals surface area contributed by atoms with Crippen molar-refractivity contribution in [3.05, 3.63) is 53.9 Å². The van der Waals surface area contributed by atoms with Crippen LogP contribution < -0.4 is 4.74 Å². The Labute approximate surface area is 118 Å². The first kappa shape index (κ1) is 14.1. The zero-order chi connectivity index (χ0) is 14.8. The number of hydrogen-bond donors (Lipinski definition) is 1. The van der Waals surface area contributed by atoms with Gasteiger partial charge in [-0.2, -0.15) is 0 Å². The first-order valence-electron chi connectivity index (χ1n) is 6.33. The largest absolute Gasteiger partial charge is 0.478 e. The van der Waals surface area contributed by atoms with Crippen LogP contribution in [-0.4, -0.2) is 16.1 Å². The van der Waals surface area contributed by atoms with Crippen LogP contribution in [0.2, 0.25) is 0 Å². The Bertz CT molecular complexity index is 630. The zero-order valence-electron chi connectivity index (χ0n) is 11.8. The highest BCUT2D eigenvalue weighted by molar-refractivity contribution is 5.87. The predicted molar refractivity (Wildman–Crippen MR) is 76.4 cm³/mol. The van der Waals surface area contributed by atoms with E-state index in [4.69, 9.17) is 9.84 Å². The van der Waals surface area contributed by atoms with Crippen LogP contribution in [0, 0.1) is 0 Å². The van der Waals surface area contributed by atoms with Gasteiger partial charge in [0.15, 0.2) is 0 Å². The standard InChI is InChI=1S/C16H17NO3/c1-16(2,3)12-5-4-6-13(8-12)20-14-7-11(15(18)19)9-17-10-14/h4-10H,1-3H3,(H,18,19). The van der Waals surface area contributed by atoms with Crippen LogP contribution in [0.15, 0.2) is 42.7 Å². The fraction of sp³-hybridized carbons (Fsp3) is 0.250. The molecule has 0 aliphatic carbocycles. The molecule has 0 saturated heterocycles. The van der Waals surface area contributed by atoms with Crippen LogP contribution in [0.1, 0.15) is 36.7 Å². The average molecular weight is 271 g/mol. The molecule has 4 heteroatoms. The molecule has 0 fully saturated rings. The number of aromatic nitrogens is 1. The van der Waals surface area contributed by atoms with E-state index >= 15 is 0 Å². The number of carboxylic acids is 1. The van der Waals surface area contributed by atoms with E-state index in [1.807, 2.05) is 24.3 Å². The number of benzene rings is 1. The van der Waals surface area contributed by atoms with Crippen molar-refractivity contribution in [1.29, 1.82) is 0 Å². The summed E-state index contributed by atoms with van der Waals surface area (Å²) in [5.41, 5.74) is 1.28. The number of nitrogens with zero attached hydrogens (tertiary/aromatic N) is 1. The van der Waals surface area contributed by atoms with Crippen LogP contribution in [0.25, 0.3) is 0 Å². The van der Waals surface area contributed by atoms with Gasteiger partial charge >= 0.3 is 5.97 Å². The maximum Gasteiger partial charge on any atom is 0.337 e. The Hall–Kier alpha value is -2.36. The summed E-state index contributed by atoms with van der Waals surface area (Å²) in [6, 6.07) is 9.21. The number of rotatable bonds is 3. The maximum atomic E-state index is 10.9. The van der Waals surface area contributed by atoms with Gasteiger partial charge in [-0.1, -0.05) is 32.9 Å². The topological polar surface area (TPSA) is 59.4 Å². The van der Waals surface area contributed by atoms with Crippen molar-refractivity contribution >= 4 is 5.97 Å². The summed E-state index contributed by atoms with van der Waals surface area (Å²) in [6.07, 6.45) is 2.79. The molecule has 0 saturated carbocycles. The van der Waals surface area contributed by atoms with Gasteiger partial charge in [-0.15, -0.1) is 0 Å². The summed E-state index contributed by atoms with van der Waals surface area (Å²) in [7, 11) is 0. The van der Waals surface area contributed by atoms with Gasteiger partial charge in [0.25, 0.3) is 0 Å². The van der Waals surface area contributed by atoms with E-state index in [9.17, 15) is 4.79 Å². The number of carbonyl (C=O) groups is 1. The Morgan fingerprint density at radius 2 is 1.90 bits per heavy atom. The number of pyridine rings is 1. The van der Waals surface area contributed by atoms with Crippen molar-refractivity contribution in [2.24, 2.45) is 0 Å². The highest BCUT2D eigenvalue weighted by atomic mass is 16.5. The molecule has 20 heavy (non-hydrogen) atoms. The second-order valence-corrected chi connectivity index (χ2v) is 5.59. The first-order chi connectivity index (χ1) is 9.36. The molecule has 0 atom stereocenters. The van der Waals surface area contributed by atoms with Crippen molar-refractivity contribution in [3.8, 4) is 11.5 Å². The SMILES string of the molecule is CC(C)(C)c1cccc(Oc2cncc(C(=O)O)c2)c1. The molecule has 0 radical (unpaired) electrons. The fourth-order valence-electron chi connectivity index (χ4n) is 1.75. The lowest BCUT2D eigenvalue weighted by atomic mass is 9.87. The van der Waals surface area contributed by atoms with Crippen molar-refractivity contribution in [1.82, 2.24) is 4.98 Å². The van der Waals surface area contributed by atoms with Crippen molar-refractivity contribution in [2.75, 3.05) is 0 Å². The van der Waals surface area contributed by atoms with Gasteiger partial charge in [0.05, 0.1) is 11.8 Å². The molecule has 2 aromatic rings. The minimum Gasteiger partial charge on any atom is -0.478 e. The van der Waals surface area contributed by atoms with Gasteiger partial charge in [0.1, 0.15) is 11.5 Å². The summed E-state index contributed by atoms with van der Waals surface area (Å²) >= 11 is 0. The molecule has 0 aliphatic rings. The van der Waals surface area contributed by atoms with Gasteiger partial charge < -0.3 is 9.84 Å². The number of hydrogen-bond acceptors (Lipinski definition) is 3. The molecule has 104 valence electrons. The molecule has 0 spiro atoms. The van der Waals surface area contributed by atoms with E-state index in [-0.39, 0.29) is 11.0 Å². The molecule has 1 heterocycles. The number of aromatic carboxylic acids is 1.